The molecule has 0 fully saturated rings. The van der Waals surface area contributed by atoms with E-state index in [9.17, 15) is 5.11 Å². The summed E-state index contributed by atoms with van der Waals surface area (Å²) >= 11 is 1.36. The average Bonchev–Trinajstić information content (AvgIpc) is 2.36. The summed E-state index contributed by atoms with van der Waals surface area (Å²) in [6.07, 6.45) is 0. The smallest absolute Gasteiger partial charge is 0.142 e. The Morgan fingerprint density at radius 1 is 1.40 bits per heavy atom. The molecule has 2 rings (SSSR count). The second kappa shape index (κ2) is 1.95. The zero-order valence-electron chi connectivity index (χ0n) is 5.11. The van der Waals surface area contributed by atoms with Gasteiger partial charge in [-0.2, -0.15) is 4.37 Å². The van der Waals surface area contributed by atoms with E-state index in [2.05, 4.69) is 4.37 Å². The lowest BCUT2D eigenvalue weighted by atomic mass is 10.2. The number of fused-ring (bicyclic) bond motifs is 1. The molecule has 0 saturated carbocycles. The topological polar surface area (TPSA) is 33.1 Å². The summed E-state index contributed by atoms with van der Waals surface area (Å²) in [6.45, 7) is 0. The molecule has 0 aliphatic carbocycles. The number of benzene rings is 1. The lowest BCUT2D eigenvalue weighted by Gasteiger charge is -1.89. The summed E-state index contributed by atoms with van der Waals surface area (Å²) in [5.74, 6) is 0.263. The van der Waals surface area contributed by atoms with E-state index < -0.39 is 0 Å². The van der Waals surface area contributed by atoms with Crippen molar-refractivity contribution in [2.24, 2.45) is 0 Å². The van der Waals surface area contributed by atoms with Crippen molar-refractivity contribution >= 4 is 22.4 Å². The van der Waals surface area contributed by atoms with Gasteiger partial charge in [0.2, 0.25) is 0 Å². The van der Waals surface area contributed by atoms with Crippen LogP contribution in [0.25, 0.3) is 10.9 Å². The van der Waals surface area contributed by atoms with Crippen LogP contribution in [0.15, 0.2) is 23.6 Å². The van der Waals surface area contributed by atoms with E-state index in [4.69, 9.17) is 0 Å². The fourth-order valence-electron chi connectivity index (χ4n) is 0.879. The lowest BCUT2D eigenvalue weighted by molar-refractivity contribution is 0.481. The molecule has 2 aromatic rings. The fraction of sp³-hybridized carbons (Fsp3) is 0. The molecule has 0 spiro atoms. The normalized spacial score (nSPS) is 10.4. The molecule has 0 unspecified atom stereocenters. The molecule has 50 valence electrons. The van der Waals surface area contributed by atoms with Gasteiger partial charge >= 0.3 is 0 Å². The highest BCUT2D eigenvalue weighted by Gasteiger charge is 1.98. The van der Waals surface area contributed by atoms with Crippen LogP contribution in [-0.2, 0) is 0 Å². The van der Waals surface area contributed by atoms with Gasteiger partial charge in [-0.1, -0.05) is 12.1 Å². The van der Waals surface area contributed by atoms with Crippen LogP contribution in [0.1, 0.15) is 0 Å². The van der Waals surface area contributed by atoms with Crippen LogP contribution < -0.4 is 0 Å². The van der Waals surface area contributed by atoms with Gasteiger partial charge in [-0.15, -0.1) is 0 Å². The third-order valence-corrected chi connectivity index (χ3v) is 2.02. The van der Waals surface area contributed by atoms with Crippen molar-refractivity contribution in [3.05, 3.63) is 23.6 Å². The number of phenolic OH excluding ortho intramolecular Hbond substituents is 1. The standard InChI is InChI=1S/C7H5NOS/c9-6-3-1-2-5-4-10-8-7(5)6/h1-4,9H. The molecule has 3 heteroatoms. The van der Waals surface area contributed by atoms with Crippen LogP contribution in [0.5, 0.6) is 5.75 Å². The molecule has 0 amide bonds. The van der Waals surface area contributed by atoms with Crippen molar-refractivity contribution in [2.45, 2.75) is 0 Å². The monoisotopic (exact) mass is 151 g/mol. The fourth-order valence-corrected chi connectivity index (χ4v) is 1.54. The van der Waals surface area contributed by atoms with Crippen molar-refractivity contribution in [3.8, 4) is 5.75 Å². The van der Waals surface area contributed by atoms with Gasteiger partial charge in [0.25, 0.3) is 0 Å². The van der Waals surface area contributed by atoms with E-state index in [1.807, 2.05) is 17.5 Å². The van der Waals surface area contributed by atoms with E-state index in [0.29, 0.717) is 5.52 Å². The Hall–Kier alpha value is -1.09. The third-order valence-electron chi connectivity index (χ3n) is 1.37. The second-order valence-corrected chi connectivity index (χ2v) is 2.66. The molecule has 1 aromatic heterocycles. The molecule has 1 N–H and O–H groups in total. The number of aromatic nitrogens is 1. The second-order valence-electron chi connectivity index (χ2n) is 2.03. The molecule has 0 aliphatic rings. The Labute approximate surface area is 61.9 Å². The van der Waals surface area contributed by atoms with Crippen molar-refractivity contribution in [3.63, 3.8) is 0 Å². The molecule has 0 radical (unpaired) electrons. The average molecular weight is 151 g/mol. The van der Waals surface area contributed by atoms with Gasteiger partial charge in [0.05, 0.1) is 0 Å². The number of aromatic hydroxyl groups is 1. The molecule has 0 saturated heterocycles. The Bertz CT molecular complexity index is 355. The van der Waals surface area contributed by atoms with E-state index in [0.717, 1.165) is 5.39 Å². The van der Waals surface area contributed by atoms with Crippen molar-refractivity contribution in [2.75, 3.05) is 0 Å². The summed E-state index contributed by atoms with van der Waals surface area (Å²) in [5, 5.41) is 12.1. The molecule has 1 aromatic carbocycles. The Kier molecular flexibility index (Phi) is 1.11. The van der Waals surface area contributed by atoms with E-state index in [1.165, 1.54) is 11.5 Å². The molecular weight excluding hydrogens is 146 g/mol. The number of phenols is 1. The van der Waals surface area contributed by atoms with Gasteiger partial charge in [-0.25, -0.2) is 0 Å². The third kappa shape index (κ3) is 0.675. The van der Waals surface area contributed by atoms with Crippen LogP contribution in [0.4, 0.5) is 0 Å². The van der Waals surface area contributed by atoms with Crippen LogP contribution in [0, 0.1) is 0 Å². The van der Waals surface area contributed by atoms with Gasteiger partial charge in [0, 0.05) is 10.8 Å². The summed E-state index contributed by atoms with van der Waals surface area (Å²) < 4.78 is 4.01. The highest BCUT2D eigenvalue weighted by atomic mass is 32.1. The van der Waals surface area contributed by atoms with Crippen molar-refractivity contribution in [1.82, 2.24) is 4.37 Å². The van der Waals surface area contributed by atoms with Crippen LogP contribution in [0.2, 0.25) is 0 Å². The number of nitrogens with zero attached hydrogens (tertiary/aromatic N) is 1. The highest BCUT2D eigenvalue weighted by Crippen LogP contribution is 2.23. The zero-order valence-corrected chi connectivity index (χ0v) is 5.93. The molecule has 10 heavy (non-hydrogen) atoms. The van der Waals surface area contributed by atoms with Crippen LogP contribution in [-0.4, -0.2) is 9.48 Å². The largest absolute Gasteiger partial charge is 0.506 e. The van der Waals surface area contributed by atoms with Crippen molar-refractivity contribution in [1.29, 1.82) is 0 Å². The molecule has 1 heterocycles. The lowest BCUT2D eigenvalue weighted by Crippen LogP contribution is -1.67. The Balaban J connectivity index is 2.95. The van der Waals surface area contributed by atoms with Gasteiger partial charge in [0.1, 0.15) is 11.3 Å². The van der Waals surface area contributed by atoms with Gasteiger partial charge in [-0.05, 0) is 17.6 Å². The van der Waals surface area contributed by atoms with E-state index in [-0.39, 0.29) is 5.75 Å². The predicted octanol–water partition coefficient (Wildman–Crippen LogP) is 2.00. The first-order valence-corrected chi connectivity index (χ1v) is 3.73. The van der Waals surface area contributed by atoms with Gasteiger partial charge in [-0.3, -0.25) is 0 Å². The number of hydrogen-bond acceptors (Lipinski definition) is 3. The number of rotatable bonds is 0. The maximum absolute atomic E-state index is 9.20. The molecule has 0 atom stereocenters. The summed E-state index contributed by atoms with van der Waals surface area (Å²) in [4.78, 5) is 0. The summed E-state index contributed by atoms with van der Waals surface area (Å²) in [7, 11) is 0. The minimum Gasteiger partial charge on any atom is -0.506 e. The first kappa shape index (κ1) is 5.68. The highest BCUT2D eigenvalue weighted by molar-refractivity contribution is 7.04. The Morgan fingerprint density at radius 2 is 2.30 bits per heavy atom. The SMILES string of the molecule is Oc1cccc2csnc12. The zero-order chi connectivity index (χ0) is 6.97. The Morgan fingerprint density at radius 3 is 3.10 bits per heavy atom. The van der Waals surface area contributed by atoms with E-state index in [1.54, 1.807) is 6.07 Å². The quantitative estimate of drug-likeness (QED) is 0.624. The minimum absolute atomic E-state index is 0.263. The van der Waals surface area contributed by atoms with E-state index >= 15 is 0 Å². The predicted molar refractivity (Wildman–Crippen MR) is 41.3 cm³/mol. The molecule has 2 nitrogen and oxygen atoms in total. The maximum Gasteiger partial charge on any atom is 0.142 e. The minimum atomic E-state index is 0.263. The first-order chi connectivity index (χ1) is 4.88. The van der Waals surface area contributed by atoms with Crippen LogP contribution in [0.3, 0.4) is 0 Å². The first-order valence-electron chi connectivity index (χ1n) is 2.90. The summed E-state index contributed by atoms with van der Waals surface area (Å²) in [6, 6.07) is 5.38. The van der Waals surface area contributed by atoms with Gasteiger partial charge < -0.3 is 5.11 Å². The molecule has 0 bridgehead atoms. The van der Waals surface area contributed by atoms with Crippen molar-refractivity contribution < 1.29 is 5.11 Å². The maximum atomic E-state index is 9.20. The number of hydrogen-bond donors (Lipinski definition) is 1. The molecular formula is C7H5NOS. The molecule has 0 aliphatic heterocycles. The van der Waals surface area contributed by atoms with Gasteiger partial charge in [0.15, 0.2) is 0 Å². The summed E-state index contributed by atoms with van der Waals surface area (Å²) in [5.41, 5.74) is 0.701. The van der Waals surface area contributed by atoms with Crippen LogP contribution >= 0.6 is 11.5 Å².